The standard InChI is InChI=1S/C16H11ClF3N3O3S/c1-25-11-3-2-4-12-13(11)14(22-26-12)27-23-15(24)21-8-5-6-10(17)9(7-8)16(18,19)20/h2-7H,1H3,(H2,21,23,24). The number of hydrogen-bond acceptors (Lipinski definition) is 5. The van der Waals surface area contributed by atoms with Gasteiger partial charge in [-0.25, -0.2) is 4.79 Å². The van der Waals surface area contributed by atoms with Crippen molar-refractivity contribution in [2.75, 3.05) is 12.4 Å². The Morgan fingerprint density at radius 2 is 2.07 bits per heavy atom. The molecule has 0 aliphatic heterocycles. The molecule has 3 aromatic rings. The highest BCUT2D eigenvalue weighted by molar-refractivity contribution is 7.98. The highest BCUT2D eigenvalue weighted by atomic mass is 35.5. The van der Waals surface area contributed by atoms with Gasteiger partial charge in [0.25, 0.3) is 0 Å². The Kier molecular flexibility index (Phi) is 5.38. The van der Waals surface area contributed by atoms with E-state index in [9.17, 15) is 18.0 Å². The maximum atomic E-state index is 12.9. The summed E-state index contributed by atoms with van der Waals surface area (Å²) in [5, 5.41) is 6.59. The molecule has 0 spiro atoms. The molecule has 0 radical (unpaired) electrons. The number of aromatic nitrogens is 1. The smallest absolute Gasteiger partial charge is 0.417 e. The van der Waals surface area contributed by atoms with Crippen LogP contribution in [0.3, 0.4) is 0 Å². The van der Waals surface area contributed by atoms with Crippen LogP contribution in [0.25, 0.3) is 11.0 Å². The summed E-state index contributed by atoms with van der Waals surface area (Å²) in [5.41, 5.74) is -0.638. The van der Waals surface area contributed by atoms with Crippen molar-refractivity contribution in [3.05, 3.63) is 47.0 Å². The zero-order valence-corrected chi connectivity index (χ0v) is 15.1. The van der Waals surface area contributed by atoms with Gasteiger partial charge in [-0.2, -0.15) is 13.2 Å². The molecular formula is C16H11ClF3N3O3S. The first-order chi connectivity index (χ1) is 12.8. The first-order valence-corrected chi connectivity index (χ1v) is 8.52. The van der Waals surface area contributed by atoms with Crippen molar-refractivity contribution in [3.63, 3.8) is 0 Å². The minimum Gasteiger partial charge on any atom is -0.496 e. The number of amides is 2. The quantitative estimate of drug-likeness (QED) is 0.560. The number of ether oxygens (including phenoxy) is 1. The summed E-state index contributed by atoms with van der Waals surface area (Å²) in [6.45, 7) is 0. The average molecular weight is 418 g/mol. The maximum absolute atomic E-state index is 12.9. The molecule has 0 unspecified atom stereocenters. The van der Waals surface area contributed by atoms with Crippen LogP contribution in [0.1, 0.15) is 5.56 Å². The van der Waals surface area contributed by atoms with Crippen LogP contribution in [-0.2, 0) is 6.18 Å². The lowest BCUT2D eigenvalue weighted by molar-refractivity contribution is -0.137. The lowest BCUT2D eigenvalue weighted by atomic mass is 10.2. The van der Waals surface area contributed by atoms with Crippen molar-refractivity contribution in [1.29, 1.82) is 0 Å². The van der Waals surface area contributed by atoms with E-state index in [-0.39, 0.29) is 5.69 Å². The van der Waals surface area contributed by atoms with Crippen LogP contribution in [0, 0.1) is 0 Å². The highest BCUT2D eigenvalue weighted by Crippen LogP contribution is 2.36. The number of alkyl halides is 3. The molecular weight excluding hydrogens is 407 g/mol. The van der Waals surface area contributed by atoms with Crippen LogP contribution in [-0.4, -0.2) is 18.3 Å². The van der Waals surface area contributed by atoms with E-state index in [4.69, 9.17) is 20.9 Å². The van der Waals surface area contributed by atoms with Crippen LogP contribution >= 0.6 is 23.5 Å². The van der Waals surface area contributed by atoms with Gasteiger partial charge in [-0.15, -0.1) is 0 Å². The van der Waals surface area contributed by atoms with Gasteiger partial charge < -0.3 is 14.6 Å². The van der Waals surface area contributed by atoms with Crippen LogP contribution in [0.15, 0.2) is 45.9 Å². The predicted octanol–water partition coefficient (Wildman–Crippen LogP) is 5.34. The number of carbonyl (C=O) groups excluding carboxylic acids is 1. The first-order valence-electron chi connectivity index (χ1n) is 7.32. The van der Waals surface area contributed by atoms with Crippen LogP contribution in [0.5, 0.6) is 5.75 Å². The van der Waals surface area contributed by atoms with E-state index in [1.165, 1.54) is 13.2 Å². The molecule has 2 N–H and O–H groups in total. The Bertz CT molecular complexity index is 994. The summed E-state index contributed by atoms with van der Waals surface area (Å²) in [6.07, 6.45) is -4.63. The molecule has 6 nitrogen and oxygen atoms in total. The third kappa shape index (κ3) is 4.22. The summed E-state index contributed by atoms with van der Waals surface area (Å²) >= 11 is 6.38. The van der Waals surface area contributed by atoms with E-state index >= 15 is 0 Å². The number of benzene rings is 2. The monoisotopic (exact) mass is 417 g/mol. The summed E-state index contributed by atoms with van der Waals surface area (Å²) in [4.78, 5) is 12.0. The van der Waals surface area contributed by atoms with E-state index in [1.807, 2.05) is 0 Å². The van der Waals surface area contributed by atoms with E-state index in [0.29, 0.717) is 21.7 Å². The number of hydrogen-bond donors (Lipinski definition) is 2. The molecule has 0 fully saturated rings. The Morgan fingerprint density at radius 1 is 1.30 bits per heavy atom. The third-order valence-corrected chi connectivity index (χ3v) is 4.51. The number of halogens is 4. The molecule has 0 saturated heterocycles. The van der Waals surface area contributed by atoms with Gasteiger partial charge in [-0.05, 0) is 30.3 Å². The van der Waals surface area contributed by atoms with Crippen LogP contribution in [0.2, 0.25) is 5.02 Å². The Balaban J connectivity index is 1.71. The van der Waals surface area contributed by atoms with Gasteiger partial charge in [0.15, 0.2) is 10.6 Å². The summed E-state index contributed by atoms with van der Waals surface area (Å²) in [5.74, 6) is 0.506. The molecule has 1 heterocycles. The van der Waals surface area contributed by atoms with Gasteiger partial charge in [0.1, 0.15) is 5.75 Å². The Labute approximate surface area is 160 Å². The molecule has 0 bridgehead atoms. The van der Waals surface area contributed by atoms with Crippen molar-refractivity contribution < 1.29 is 27.2 Å². The average Bonchev–Trinajstić information content (AvgIpc) is 3.04. The van der Waals surface area contributed by atoms with Crippen molar-refractivity contribution in [2.24, 2.45) is 0 Å². The zero-order valence-electron chi connectivity index (χ0n) is 13.6. The van der Waals surface area contributed by atoms with Crippen molar-refractivity contribution in [3.8, 4) is 5.75 Å². The molecule has 0 atom stereocenters. The number of nitrogens with one attached hydrogen (secondary N) is 2. The zero-order chi connectivity index (χ0) is 19.6. The van der Waals surface area contributed by atoms with Crippen molar-refractivity contribution >= 4 is 46.2 Å². The predicted molar refractivity (Wildman–Crippen MR) is 95.0 cm³/mol. The molecule has 1 aromatic heterocycles. The molecule has 2 amide bonds. The second kappa shape index (κ2) is 7.57. The minimum absolute atomic E-state index is 0.0626. The number of rotatable bonds is 4. The molecule has 27 heavy (non-hydrogen) atoms. The normalized spacial score (nSPS) is 11.4. The van der Waals surface area contributed by atoms with Crippen LogP contribution in [0.4, 0.5) is 23.7 Å². The largest absolute Gasteiger partial charge is 0.496 e. The number of fused-ring (bicyclic) bond motifs is 1. The molecule has 2 aromatic carbocycles. The number of carbonyl (C=O) groups is 1. The number of nitrogens with zero attached hydrogens (tertiary/aromatic N) is 1. The topological polar surface area (TPSA) is 76.4 Å². The van der Waals surface area contributed by atoms with E-state index in [0.717, 1.165) is 24.1 Å². The molecule has 0 aliphatic carbocycles. The van der Waals surface area contributed by atoms with Gasteiger partial charge in [0.05, 0.1) is 23.1 Å². The first kappa shape index (κ1) is 19.2. The van der Waals surface area contributed by atoms with Crippen molar-refractivity contribution in [2.45, 2.75) is 11.2 Å². The highest BCUT2D eigenvalue weighted by Gasteiger charge is 2.33. The van der Waals surface area contributed by atoms with Gasteiger partial charge in [0, 0.05) is 17.6 Å². The number of anilines is 1. The lowest BCUT2D eigenvalue weighted by Gasteiger charge is -2.12. The Hall–Kier alpha value is -2.59. The van der Waals surface area contributed by atoms with Gasteiger partial charge in [0.2, 0.25) is 0 Å². The summed E-state index contributed by atoms with van der Waals surface area (Å²) in [6, 6.07) is 7.43. The molecule has 3 rings (SSSR count). The van der Waals surface area contributed by atoms with E-state index in [2.05, 4.69) is 15.2 Å². The molecule has 0 saturated carbocycles. The van der Waals surface area contributed by atoms with E-state index in [1.54, 1.807) is 18.2 Å². The molecule has 0 aliphatic rings. The van der Waals surface area contributed by atoms with Crippen molar-refractivity contribution in [1.82, 2.24) is 9.88 Å². The number of methoxy groups -OCH3 is 1. The third-order valence-electron chi connectivity index (χ3n) is 3.42. The minimum atomic E-state index is -4.63. The fourth-order valence-electron chi connectivity index (χ4n) is 2.25. The SMILES string of the molecule is COc1cccc2onc(SNC(=O)Nc3ccc(Cl)c(C(F)(F)F)c3)c12. The Morgan fingerprint density at radius 3 is 2.78 bits per heavy atom. The summed E-state index contributed by atoms with van der Waals surface area (Å²) < 4.78 is 51.4. The fourth-order valence-corrected chi connectivity index (χ4v) is 3.09. The maximum Gasteiger partial charge on any atom is 0.417 e. The molecule has 142 valence electrons. The molecule has 11 heteroatoms. The second-order valence-corrected chi connectivity index (χ2v) is 6.37. The van der Waals surface area contributed by atoms with Gasteiger partial charge >= 0.3 is 12.2 Å². The second-order valence-electron chi connectivity index (χ2n) is 5.17. The van der Waals surface area contributed by atoms with Crippen LogP contribution < -0.4 is 14.8 Å². The van der Waals surface area contributed by atoms with Gasteiger partial charge in [-0.1, -0.05) is 22.8 Å². The van der Waals surface area contributed by atoms with E-state index < -0.39 is 22.8 Å². The lowest BCUT2D eigenvalue weighted by Crippen LogP contribution is -2.23. The fraction of sp³-hybridized carbons (Fsp3) is 0.125. The van der Waals surface area contributed by atoms with Gasteiger partial charge in [-0.3, -0.25) is 4.72 Å². The number of urea groups is 1. The summed E-state index contributed by atoms with van der Waals surface area (Å²) in [7, 11) is 1.48.